The third-order valence-electron chi connectivity index (χ3n) is 4.59. The molecule has 2 aromatic rings. The number of amides is 1. The summed E-state index contributed by atoms with van der Waals surface area (Å²) in [5.74, 6) is -0.113. The maximum absolute atomic E-state index is 12.7. The van der Waals surface area contributed by atoms with Gasteiger partial charge in [-0.3, -0.25) is 4.79 Å². The molecule has 0 unspecified atom stereocenters. The van der Waals surface area contributed by atoms with Crippen molar-refractivity contribution in [3.05, 3.63) is 58.0 Å². The van der Waals surface area contributed by atoms with Crippen molar-refractivity contribution in [1.29, 1.82) is 0 Å². The van der Waals surface area contributed by atoms with Gasteiger partial charge in [-0.1, -0.05) is 39.7 Å². The number of carbonyl (C=O) groups excluding carboxylic acids is 1. The second-order valence-electron chi connectivity index (χ2n) is 6.48. The summed E-state index contributed by atoms with van der Waals surface area (Å²) in [6.07, 6.45) is 0.324. The molecule has 0 atom stereocenters. The number of rotatable bonds is 6. The van der Waals surface area contributed by atoms with Gasteiger partial charge in [0.1, 0.15) is 0 Å². The van der Waals surface area contributed by atoms with Crippen LogP contribution in [-0.4, -0.2) is 56.3 Å². The van der Waals surface area contributed by atoms with Crippen LogP contribution in [0, 0.1) is 0 Å². The molecule has 3 rings (SSSR count). The number of carbonyl (C=O) groups is 1. The van der Waals surface area contributed by atoms with Gasteiger partial charge in [0.15, 0.2) is 0 Å². The lowest BCUT2D eigenvalue weighted by Gasteiger charge is -2.33. The quantitative estimate of drug-likeness (QED) is 0.679. The van der Waals surface area contributed by atoms with E-state index in [2.05, 4.69) is 26.1 Å². The second-order valence-corrected chi connectivity index (χ2v) is 9.74. The number of piperazine rings is 1. The Hall–Kier alpha value is -1.45. The molecule has 1 aliphatic heterocycles. The fourth-order valence-corrected chi connectivity index (χ4v) is 4.85. The van der Waals surface area contributed by atoms with Gasteiger partial charge >= 0.3 is 0 Å². The van der Waals surface area contributed by atoms with Crippen LogP contribution >= 0.6 is 27.5 Å². The first-order valence-corrected chi connectivity index (χ1v) is 11.5. The number of para-hydroxylation sites is 1. The SMILES string of the molecule is O=C(CCN1CCN(S(=O)(=O)c2ccc(Br)cc2)CC1)Nc1ccccc1Cl. The zero-order chi connectivity index (χ0) is 20.1. The molecule has 1 saturated heterocycles. The highest BCUT2D eigenvalue weighted by Crippen LogP contribution is 2.21. The zero-order valence-electron chi connectivity index (χ0n) is 15.1. The zero-order valence-corrected chi connectivity index (χ0v) is 18.3. The van der Waals surface area contributed by atoms with Crippen molar-refractivity contribution in [2.45, 2.75) is 11.3 Å². The van der Waals surface area contributed by atoms with E-state index in [0.29, 0.717) is 54.8 Å². The van der Waals surface area contributed by atoms with Crippen molar-refractivity contribution in [2.75, 3.05) is 38.0 Å². The van der Waals surface area contributed by atoms with Gasteiger partial charge in [0.2, 0.25) is 15.9 Å². The van der Waals surface area contributed by atoms with E-state index in [4.69, 9.17) is 11.6 Å². The van der Waals surface area contributed by atoms with Crippen molar-refractivity contribution in [3.8, 4) is 0 Å². The maximum Gasteiger partial charge on any atom is 0.243 e. The fourth-order valence-electron chi connectivity index (χ4n) is 2.98. The molecule has 1 aliphatic rings. The molecule has 2 aromatic carbocycles. The van der Waals surface area contributed by atoms with Gasteiger partial charge in [-0.25, -0.2) is 8.42 Å². The minimum absolute atomic E-state index is 0.113. The van der Waals surface area contributed by atoms with Crippen molar-refractivity contribution in [1.82, 2.24) is 9.21 Å². The molecule has 1 heterocycles. The van der Waals surface area contributed by atoms with E-state index in [-0.39, 0.29) is 5.91 Å². The molecule has 1 N–H and O–H groups in total. The molecule has 28 heavy (non-hydrogen) atoms. The first-order chi connectivity index (χ1) is 13.4. The van der Waals surface area contributed by atoms with Crippen molar-refractivity contribution < 1.29 is 13.2 Å². The van der Waals surface area contributed by atoms with Crippen LogP contribution < -0.4 is 5.32 Å². The van der Waals surface area contributed by atoms with Crippen molar-refractivity contribution in [2.24, 2.45) is 0 Å². The van der Waals surface area contributed by atoms with Gasteiger partial charge < -0.3 is 10.2 Å². The van der Waals surface area contributed by atoms with Crippen LogP contribution in [0.4, 0.5) is 5.69 Å². The molecular weight excluding hydrogens is 466 g/mol. The fraction of sp³-hybridized carbons (Fsp3) is 0.316. The Labute approximate surface area is 178 Å². The number of nitrogens with one attached hydrogen (secondary N) is 1. The highest BCUT2D eigenvalue weighted by molar-refractivity contribution is 9.10. The van der Waals surface area contributed by atoms with Gasteiger partial charge in [0, 0.05) is 43.6 Å². The molecule has 0 radical (unpaired) electrons. The monoisotopic (exact) mass is 485 g/mol. The predicted molar refractivity (Wildman–Crippen MR) is 114 cm³/mol. The molecule has 6 nitrogen and oxygen atoms in total. The van der Waals surface area contributed by atoms with Crippen molar-refractivity contribution >= 4 is 49.1 Å². The molecule has 1 amide bonds. The minimum Gasteiger partial charge on any atom is -0.325 e. The summed E-state index contributed by atoms with van der Waals surface area (Å²) in [6.45, 7) is 2.57. The highest BCUT2D eigenvalue weighted by atomic mass is 79.9. The number of hydrogen-bond donors (Lipinski definition) is 1. The van der Waals surface area contributed by atoms with Crippen LogP contribution in [-0.2, 0) is 14.8 Å². The Morgan fingerprint density at radius 1 is 1.04 bits per heavy atom. The molecule has 1 fully saturated rings. The lowest BCUT2D eigenvalue weighted by molar-refractivity contribution is -0.116. The summed E-state index contributed by atoms with van der Waals surface area (Å²) in [7, 11) is -3.49. The largest absolute Gasteiger partial charge is 0.325 e. The first kappa shape index (κ1) is 21.3. The number of benzene rings is 2. The molecule has 9 heteroatoms. The number of sulfonamides is 1. The molecule has 0 saturated carbocycles. The van der Waals surface area contributed by atoms with Gasteiger partial charge in [-0.15, -0.1) is 0 Å². The Kier molecular flexibility index (Phi) is 7.11. The number of nitrogens with zero attached hydrogens (tertiary/aromatic N) is 2. The highest BCUT2D eigenvalue weighted by Gasteiger charge is 2.28. The predicted octanol–water partition coefficient (Wildman–Crippen LogP) is 3.44. The van der Waals surface area contributed by atoms with Crippen LogP contribution in [0.1, 0.15) is 6.42 Å². The molecule has 0 aromatic heterocycles. The summed E-state index contributed by atoms with van der Waals surface area (Å²) in [6, 6.07) is 13.7. The van der Waals surface area contributed by atoms with Crippen LogP contribution in [0.2, 0.25) is 5.02 Å². The molecule has 0 bridgehead atoms. The Morgan fingerprint density at radius 3 is 2.32 bits per heavy atom. The average Bonchev–Trinajstić information content (AvgIpc) is 2.69. The van der Waals surface area contributed by atoms with Crippen LogP contribution in [0.3, 0.4) is 0 Å². The summed E-state index contributed by atoms with van der Waals surface area (Å²) in [5.41, 5.74) is 0.597. The summed E-state index contributed by atoms with van der Waals surface area (Å²) in [5, 5.41) is 3.30. The van der Waals surface area contributed by atoms with Crippen LogP contribution in [0.5, 0.6) is 0 Å². The lowest BCUT2D eigenvalue weighted by Crippen LogP contribution is -2.49. The standard InChI is InChI=1S/C19H21BrClN3O3S/c20-15-5-7-16(8-6-15)28(26,27)24-13-11-23(12-14-24)10-9-19(25)22-18-4-2-1-3-17(18)21/h1-8H,9-14H2,(H,22,25). The number of hydrogen-bond acceptors (Lipinski definition) is 4. The third kappa shape index (κ3) is 5.33. The molecule has 0 aliphatic carbocycles. The minimum atomic E-state index is -3.49. The molecular formula is C19H21BrClN3O3S. The van der Waals surface area contributed by atoms with Crippen LogP contribution in [0.15, 0.2) is 57.9 Å². The van der Waals surface area contributed by atoms with E-state index >= 15 is 0 Å². The third-order valence-corrected chi connectivity index (χ3v) is 7.36. The van der Waals surface area contributed by atoms with Gasteiger partial charge in [-0.2, -0.15) is 4.31 Å². The van der Waals surface area contributed by atoms with E-state index in [1.54, 1.807) is 42.5 Å². The van der Waals surface area contributed by atoms with E-state index in [1.807, 2.05) is 6.07 Å². The van der Waals surface area contributed by atoms with E-state index in [9.17, 15) is 13.2 Å². The number of anilines is 1. The maximum atomic E-state index is 12.7. The normalized spacial score (nSPS) is 16.1. The van der Waals surface area contributed by atoms with Crippen molar-refractivity contribution in [3.63, 3.8) is 0 Å². The van der Waals surface area contributed by atoms with Gasteiger partial charge in [0.25, 0.3) is 0 Å². The smallest absolute Gasteiger partial charge is 0.243 e. The Bertz CT molecular complexity index is 930. The Balaban J connectivity index is 1.48. The summed E-state index contributed by atoms with van der Waals surface area (Å²) in [4.78, 5) is 14.5. The number of halogens is 2. The van der Waals surface area contributed by atoms with E-state index < -0.39 is 10.0 Å². The van der Waals surface area contributed by atoms with Crippen LogP contribution in [0.25, 0.3) is 0 Å². The van der Waals surface area contributed by atoms with E-state index in [0.717, 1.165) is 4.47 Å². The molecule has 150 valence electrons. The van der Waals surface area contributed by atoms with Gasteiger partial charge in [0.05, 0.1) is 15.6 Å². The molecule has 0 spiro atoms. The first-order valence-electron chi connectivity index (χ1n) is 8.89. The second kappa shape index (κ2) is 9.37. The summed E-state index contributed by atoms with van der Waals surface area (Å²) < 4.78 is 27.8. The topological polar surface area (TPSA) is 69.7 Å². The lowest BCUT2D eigenvalue weighted by atomic mass is 10.3. The summed E-state index contributed by atoms with van der Waals surface area (Å²) >= 11 is 9.36. The average molecular weight is 487 g/mol. The van der Waals surface area contributed by atoms with E-state index in [1.165, 1.54) is 4.31 Å². The Morgan fingerprint density at radius 2 is 1.68 bits per heavy atom. The van der Waals surface area contributed by atoms with Gasteiger partial charge in [-0.05, 0) is 36.4 Å².